The number of benzene rings is 3. The number of amides is 1. The zero-order valence-electron chi connectivity index (χ0n) is 15.4. The normalized spacial score (nSPS) is 10.9. The van der Waals surface area contributed by atoms with E-state index < -0.39 is 10.5 Å². The number of nitro benzene ring substituents is 1. The third kappa shape index (κ3) is 4.35. The van der Waals surface area contributed by atoms with Gasteiger partial charge in [-0.2, -0.15) is 0 Å². The number of nitro groups is 1. The first-order valence-corrected chi connectivity index (χ1v) is 8.78. The lowest BCUT2D eigenvalue weighted by atomic mass is 9.84. The average molecular weight is 376 g/mol. The lowest BCUT2D eigenvalue weighted by molar-refractivity contribution is -0.384. The van der Waals surface area contributed by atoms with E-state index in [4.69, 9.17) is 4.74 Å². The molecule has 6 heteroatoms. The molecule has 0 unspecified atom stereocenters. The molecular weight excluding hydrogens is 356 g/mol. The highest BCUT2D eigenvalue weighted by Crippen LogP contribution is 2.29. The molecule has 3 aromatic rings. The SMILES string of the molecule is CC(NC(=O)COc1cccc([N+](=O)[O-])c1)(c1ccccc1)c1ccccc1. The third-order valence-electron chi connectivity index (χ3n) is 4.49. The van der Waals surface area contributed by atoms with Crippen LogP contribution in [0.3, 0.4) is 0 Å². The van der Waals surface area contributed by atoms with E-state index in [2.05, 4.69) is 5.32 Å². The quantitative estimate of drug-likeness (QED) is 0.498. The largest absolute Gasteiger partial charge is 0.484 e. The summed E-state index contributed by atoms with van der Waals surface area (Å²) in [5.74, 6) is -0.0628. The van der Waals surface area contributed by atoms with Gasteiger partial charge in [0, 0.05) is 6.07 Å². The fourth-order valence-corrected chi connectivity index (χ4v) is 3.00. The van der Waals surface area contributed by atoms with Gasteiger partial charge in [0.1, 0.15) is 5.75 Å². The van der Waals surface area contributed by atoms with Gasteiger partial charge in [-0.05, 0) is 24.1 Å². The predicted octanol–water partition coefficient (Wildman–Crippen LogP) is 4.05. The first-order valence-electron chi connectivity index (χ1n) is 8.78. The molecule has 0 spiro atoms. The van der Waals surface area contributed by atoms with Crippen LogP contribution in [0.2, 0.25) is 0 Å². The molecule has 0 saturated carbocycles. The molecule has 0 heterocycles. The van der Waals surface area contributed by atoms with E-state index in [1.807, 2.05) is 67.6 Å². The van der Waals surface area contributed by atoms with E-state index in [1.165, 1.54) is 18.2 Å². The van der Waals surface area contributed by atoms with E-state index in [-0.39, 0.29) is 24.0 Å². The second-order valence-corrected chi connectivity index (χ2v) is 6.45. The second kappa shape index (κ2) is 8.35. The van der Waals surface area contributed by atoms with Crippen LogP contribution in [0.4, 0.5) is 5.69 Å². The minimum atomic E-state index is -0.744. The minimum absolute atomic E-state index is 0.0867. The fourth-order valence-electron chi connectivity index (χ4n) is 3.00. The maximum Gasteiger partial charge on any atom is 0.273 e. The van der Waals surface area contributed by atoms with Gasteiger partial charge in [0.25, 0.3) is 11.6 Å². The molecule has 0 aromatic heterocycles. The number of nitrogens with one attached hydrogen (secondary N) is 1. The van der Waals surface area contributed by atoms with Crippen molar-refractivity contribution in [1.82, 2.24) is 5.32 Å². The van der Waals surface area contributed by atoms with Crippen LogP contribution in [0.5, 0.6) is 5.75 Å². The van der Waals surface area contributed by atoms with E-state index in [0.29, 0.717) is 0 Å². The number of nitrogens with zero attached hydrogens (tertiary/aromatic N) is 1. The van der Waals surface area contributed by atoms with E-state index in [9.17, 15) is 14.9 Å². The number of ether oxygens (including phenoxy) is 1. The van der Waals surface area contributed by atoms with Crippen LogP contribution in [-0.4, -0.2) is 17.4 Å². The number of carbonyl (C=O) groups is 1. The first-order chi connectivity index (χ1) is 13.5. The van der Waals surface area contributed by atoms with Gasteiger partial charge < -0.3 is 10.1 Å². The number of non-ortho nitro benzene ring substituents is 1. The smallest absolute Gasteiger partial charge is 0.273 e. The van der Waals surface area contributed by atoms with Crippen molar-refractivity contribution in [2.24, 2.45) is 0 Å². The molecule has 3 aromatic carbocycles. The van der Waals surface area contributed by atoms with Crippen molar-refractivity contribution < 1.29 is 14.5 Å². The van der Waals surface area contributed by atoms with Crippen LogP contribution in [0.25, 0.3) is 0 Å². The van der Waals surface area contributed by atoms with Gasteiger partial charge in [0.05, 0.1) is 16.5 Å². The maximum absolute atomic E-state index is 12.6. The van der Waals surface area contributed by atoms with Crippen molar-refractivity contribution >= 4 is 11.6 Å². The summed E-state index contributed by atoms with van der Waals surface area (Å²) in [5, 5.41) is 13.9. The van der Waals surface area contributed by atoms with Crippen LogP contribution >= 0.6 is 0 Å². The predicted molar refractivity (Wildman–Crippen MR) is 106 cm³/mol. The van der Waals surface area contributed by atoms with Gasteiger partial charge in [-0.1, -0.05) is 66.7 Å². The topological polar surface area (TPSA) is 81.5 Å². The number of hydrogen-bond acceptors (Lipinski definition) is 4. The molecule has 0 aliphatic heterocycles. The van der Waals surface area contributed by atoms with Gasteiger partial charge in [-0.15, -0.1) is 0 Å². The Morgan fingerprint density at radius 1 is 0.964 bits per heavy atom. The Hall–Kier alpha value is -3.67. The van der Waals surface area contributed by atoms with Crippen molar-refractivity contribution in [3.63, 3.8) is 0 Å². The molecule has 142 valence electrons. The summed E-state index contributed by atoms with van der Waals surface area (Å²) >= 11 is 0. The molecule has 0 atom stereocenters. The van der Waals surface area contributed by atoms with E-state index >= 15 is 0 Å². The van der Waals surface area contributed by atoms with Gasteiger partial charge in [0.15, 0.2) is 6.61 Å². The minimum Gasteiger partial charge on any atom is -0.484 e. The van der Waals surface area contributed by atoms with Crippen molar-refractivity contribution in [3.8, 4) is 5.75 Å². The molecule has 28 heavy (non-hydrogen) atoms. The summed E-state index contributed by atoms with van der Waals surface area (Å²) in [4.78, 5) is 23.0. The molecule has 1 N–H and O–H groups in total. The third-order valence-corrected chi connectivity index (χ3v) is 4.49. The summed E-state index contributed by atoms with van der Waals surface area (Å²) in [7, 11) is 0. The Morgan fingerprint density at radius 3 is 2.07 bits per heavy atom. The lowest BCUT2D eigenvalue weighted by Crippen LogP contribution is -2.46. The molecule has 0 radical (unpaired) electrons. The van der Waals surface area contributed by atoms with Crippen LogP contribution in [-0.2, 0) is 10.3 Å². The highest BCUT2D eigenvalue weighted by Gasteiger charge is 2.30. The van der Waals surface area contributed by atoms with Crippen LogP contribution in [0.15, 0.2) is 84.9 Å². The van der Waals surface area contributed by atoms with Crippen LogP contribution in [0, 0.1) is 10.1 Å². The Morgan fingerprint density at radius 2 is 1.54 bits per heavy atom. The van der Waals surface area contributed by atoms with Crippen LogP contribution in [0.1, 0.15) is 18.1 Å². The summed E-state index contributed by atoms with van der Waals surface area (Å²) in [6.07, 6.45) is 0. The Labute approximate surface area is 162 Å². The molecule has 0 aliphatic carbocycles. The fraction of sp³-hybridized carbons (Fsp3) is 0.136. The average Bonchev–Trinajstić information content (AvgIpc) is 2.73. The molecule has 3 rings (SSSR count). The summed E-state index contributed by atoms with van der Waals surface area (Å²) in [6.45, 7) is 1.68. The highest BCUT2D eigenvalue weighted by molar-refractivity contribution is 5.79. The second-order valence-electron chi connectivity index (χ2n) is 6.45. The molecule has 0 saturated heterocycles. The number of rotatable bonds is 7. The lowest BCUT2D eigenvalue weighted by Gasteiger charge is -2.32. The monoisotopic (exact) mass is 376 g/mol. The Balaban J connectivity index is 1.77. The summed E-state index contributed by atoms with van der Waals surface area (Å²) in [6, 6.07) is 25.1. The van der Waals surface area contributed by atoms with Crippen molar-refractivity contribution in [1.29, 1.82) is 0 Å². The molecule has 0 fully saturated rings. The maximum atomic E-state index is 12.6. The zero-order chi connectivity index (χ0) is 20.0. The number of hydrogen-bond donors (Lipinski definition) is 1. The van der Waals surface area contributed by atoms with Crippen molar-refractivity contribution in [2.75, 3.05) is 6.61 Å². The molecule has 0 bridgehead atoms. The van der Waals surface area contributed by atoms with Crippen molar-refractivity contribution in [3.05, 3.63) is 106 Å². The van der Waals surface area contributed by atoms with Gasteiger partial charge in [0.2, 0.25) is 0 Å². The molecule has 1 amide bonds. The standard InChI is InChI=1S/C22H20N2O4/c1-22(17-9-4-2-5-10-17,18-11-6-3-7-12-18)23-21(25)16-28-20-14-8-13-19(15-20)24(26)27/h2-15H,16H2,1H3,(H,23,25). The summed E-state index contributed by atoms with van der Waals surface area (Å²) in [5.41, 5.74) is 1.04. The summed E-state index contributed by atoms with van der Waals surface area (Å²) < 4.78 is 5.46. The number of carbonyl (C=O) groups excluding carboxylic acids is 1. The van der Waals surface area contributed by atoms with Crippen LogP contribution < -0.4 is 10.1 Å². The zero-order valence-corrected chi connectivity index (χ0v) is 15.4. The first kappa shape index (κ1) is 19.1. The van der Waals surface area contributed by atoms with Crippen molar-refractivity contribution in [2.45, 2.75) is 12.5 Å². The van der Waals surface area contributed by atoms with E-state index in [1.54, 1.807) is 6.07 Å². The van der Waals surface area contributed by atoms with Gasteiger partial charge >= 0.3 is 0 Å². The Bertz CT molecular complexity index is 919. The van der Waals surface area contributed by atoms with Gasteiger partial charge in [-0.25, -0.2) is 0 Å². The van der Waals surface area contributed by atoms with Gasteiger partial charge in [-0.3, -0.25) is 14.9 Å². The molecule has 6 nitrogen and oxygen atoms in total. The highest BCUT2D eigenvalue weighted by atomic mass is 16.6. The van der Waals surface area contributed by atoms with E-state index in [0.717, 1.165) is 11.1 Å². The molecule has 0 aliphatic rings. The Kier molecular flexibility index (Phi) is 5.69. The molecular formula is C22H20N2O4.